The molecule has 4 saturated carbocycles. The quantitative estimate of drug-likeness (QED) is 0.343. The van der Waals surface area contributed by atoms with E-state index in [-0.39, 0.29) is 12.7 Å². The highest BCUT2D eigenvalue weighted by Gasteiger charge is 2.63. The van der Waals surface area contributed by atoms with Gasteiger partial charge in [0.05, 0.1) is 6.10 Å². The van der Waals surface area contributed by atoms with Gasteiger partial charge in [-0.05, 0) is 117 Å². The van der Waals surface area contributed by atoms with E-state index in [1.54, 1.807) is 6.92 Å². The summed E-state index contributed by atoms with van der Waals surface area (Å²) in [5, 5.41) is 28.5. The predicted molar refractivity (Wildman–Crippen MR) is 149 cm³/mol. The van der Waals surface area contributed by atoms with Crippen LogP contribution in [0.5, 0.6) is 0 Å². The molecular formula is C32H60O3. The van der Waals surface area contributed by atoms with Gasteiger partial charge in [0.25, 0.3) is 0 Å². The molecule has 206 valence electrons. The lowest BCUT2D eigenvalue weighted by Gasteiger charge is -2.63. The van der Waals surface area contributed by atoms with E-state index in [1.165, 1.54) is 69.8 Å². The fourth-order valence-corrected chi connectivity index (χ4v) is 9.14. The molecule has 0 aromatic heterocycles. The van der Waals surface area contributed by atoms with E-state index >= 15 is 0 Å². The first kappa shape index (κ1) is 30.8. The monoisotopic (exact) mass is 492 g/mol. The molecule has 3 nitrogen and oxygen atoms in total. The second-order valence-electron chi connectivity index (χ2n) is 12.7. The van der Waals surface area contributed by atoms with Crippen LogP contribution in [0.25, 0.3) is 0 Å². The van der Waals surface area contributed by atoms with Crippen molar-refractivity contribution in [3.63, 3.8) is 0 Å². The van der Waals surface area contributed by atoms with E-state index in [2.05, 4.69) is 47.6 Å². The first-order valence-electron chi connectivity index (χ1n) is 15.3. The van der Waals surface area contributed by atoms with Crippen LogP contribution in [0.1, 0.15) is 126 Å². The molecule has 0 aromatic rings. The average molecular weight is 493 g/mol. The average Bonchev–Trinajstić information content (AvgIpc) is 3.21. The fraction of sp³-hybridized carbons (Fsp3) is 0.938. The van der Waals surface area contributed by atoms with Crippen LogP contribution in [-0.4, -0.2) is 34.6 Å². The summed E-state index contributed by atoms with van der Waals surface area (Å²) in [4.78, 5) is 0. The maximum Gasteiger partial charge on any atom is 0.0786 e. The number of allylic oxidation sites excluding steroid dienone is 1. The molecule has 4 aliphatic carbocycles. The largest absolute Gasteiger partial charge is 0.397 e. The summed E-state index contributed by atoms with van der Waals surface area (Å²) in [6, 6.07) is 0. The number of rotatable bonds is 5. The molecule has 4 fully saturated rings. The van der Waals surface area contributed by atoms with Gasteiger partial charge in [0.15, 0.2) is 0 Å². The summed E-state index contributed by atoms with van der Waals surface area (Å²) < 4.78 is 0. The van der Waals surface area contributed by atoms with Crippen LogP contribution in [0.2, 0.25) is 0 Å². The third-order valence-electron chi connectivity index (χ3n) is 11.0. The van der Waals surface area contributed by atoms with E-state index in [9.17, 15) is 10.2 Å². The Bertz CT molecular complexity index is 643. The molecule has 9 atom stereocenters. The Labute approximate surface area is 218 Å². The van der Waals surface area contributed by atoms with E-state index in [4.69, 9.17) is 5.11 Å². The maximum atomic E-state index is 11.6. The maximum absolute atomic E-state index is 11.6. The van der Waals surface area contributed by atoms with E-state index < -0.39 is 0 Å². The number of hydrogen-bond acceptors (Lipinski definition) is 3. The van der Waals surface area contributed by atoms with Crippen molar-refractivity contribution in [2.75, 3.05) is 13.2 Å². The summed E-state index contributed by atoms with van der Waals surface area (Å²) in [5.74, 6) is 3.94. The number of hydrogen-bond donors (Lipinski definition) is 3. The van der Waals surface area contributed by atoms with E-state index in [0.29, 0.717) is 47.0 Å². The van der Waals surface area contributed by atoms with Crippen LogP contribution < -0.4 is 0 Å². The molecule has 0 bridgehead atoms. The Hall–Kier alpha value is -0.380. The molecule has 8 unspecified atom stereocenters. The third-order valence-corrected chi connectivity index (χ3v) is 11.0. The molecule has 0 heterocycles. The van der Waals surface area contributed by atoms with Gasteiger partial charge in [-0.15, -0.1) is 0 Å². The van der Waals surface area contributed by atoms with E-state index in [0.717, 1.165) is 18.8 Å². The zero-order chi connectivity index (χ0) is 26.2. The highest BCUT2D eigenvalue weighted by atomic mass is 16.3. The van der Waals surface area contributed by atoms with Crippen molar-refractivity contribution in [3.8, 4) is 0 Å². The molecule has 3 heteroatoms. The molecular weight excluding hydrogens is 432 g/mol. The topological polar surface area (TPSA) is 60.7 Å². The fourth-order valence-electron chi connectivity index (χ4n) is 9.14. The van der Waals surface area contributed by atoms with Crippen molar-refractivity contribution in [2.45, 2.75) is 132 Å². The van der Waals surface area contributed by atoms with Crippen molar-refractivity contribution in [2.24, 2.45) is 46.3 Å². The number of fused-ring (bicyclic) bond motifs is 5. The first-order chi connectivity index (χ1) is 16.7. The zero-order valence-electron chi connectivity index (χ0n) is 24.4. The Kier molecular flexibility index (Phi) is 12.3. The standard InChI is InChI=1S/C26H44O2.C4H10.C2H6O/c1-5-18-20-10-6-7-14-25(20,3)22-13-15-26(4)19(17(2)9-8-16-27)11-12-21(26)23(22)24(18)28;1-3-4-2;1-2-3/h5,17,19-24,27-28H,6-16H2,1-4H3;3-4H2,1-2H3;3H,2H2,1H3/b18-5+;;/t17-,19?,20?,21?,22?,23?,24?,25?,26?;;/m1../s1. The molecule has 0 aromatic carbocycles. The van der Waals surface area contributed by atoms with Crippen LogP contribution in [0.3, 0.4) is 0 Å². The molecule has 3 N–H and O–H groups in total. The summed E-state index contributed by atoms with van der Waals surface area (Å²) in [6.45, 7) is 16.4. The van der Waals surface area contributed by atoms with Gasteiger partial charge in [-0.1, -0.05) is 66.4 Å². The minimum Gasteiger partial charge on any atom is -0.397 e. The predicted octanol–water partition coefficient (Wildman–Crippen LogP) is 7.78. The molecule has 0 aliphatic heterocycles. The van der Waals surface area contributed by atoms with Crippen LogP contribution in [0.15, 0.2) is 11.6 Å². The first-order valence-corrected chi connectivity index (χ1v) is 15.3. The van der Waals surface area contributed by atoms with Crippen molar-refractivity contribution in [1.29, 1.82) is 0 Å². The molecule has 35 heavy (non-hydrogen) atoms. The highest BCUT2D eigenvalue weighted by molar-refractivity contribution is 5.26. The molecule has 0 saturated heterocycles. The van der Waals surface area contributed by atoms with Crippen LogP contribution in [0, 0.1) is 46.3 Å². The van der Waals surface area contributed by atoms with E-state index in [1.807, 2.05) is 0 Å². The lowest BCUT2D eigenvalue weighted by Crippen LogP contribution is -2.58. The normalized spacial score (nSPS) is 41.9. The van der Waals surface area contributed by atoms with Gasteiger partial charge < -0.3 is 15.3 Å². The number of aliphatic hydroxyl groups excluding tert-OH is 3. The van der Waals surface area contributed by atoms with Gasteiger partial charge in [0.2, 0.25) is 0 Å². The van der Waals surface area contributed by atoms with Crippen LogP contribution in [-0.2, 0) is 0 Å². The summed E-state index contributed by atoms with van der Waals surface area (Å²) in [7, 11) is 0. The number of aliphatic hydroxyl groups is 3. The minimum absolute atomic E-state index is 0.206. The number of unbranched alkanes of at least 4 members (excludes halogenated alkanes) is 1. The molecule has 4 rings (SSSR count). The molecule has 4 aliphatic rings. The second kappa shape index (κ2) is 14.0. The lowest BCUT2D eigenvalue weighted by atomic mass is 9.43. The smallest absolute Gasteiger partial charge is 0.0786 e. The SMILES string of the molecule is C/C=C1/C(O)C2C(CCC3(C)C2CCC3[C@H](C)CCCO)C2(C)CCCCC12.CCCC.CCO. The summed E-state index contributed by atoms with van der Waals surface area (Å²) >= 11 is 0. The molecule has 0 amide bonds. The molecule has 0 radical (unpaired) electrons. The van der Waals surface area contributed by atoms with Crippen molar-refractivity contribution < 1.29 is 15.3 Å². The Morgan fingerprint density at radius 3 is 2.11 bits per heavy atom. The second-order valence-corrected chi connectivity index (χ2v) is 12.7. The lowest BCUT2D eigenvalue weighted by molar-refractivity contribution is -0.137. The van der Waals surface area contributed by atoms with Gasteiger partial charge in [-0.2, -0.15) is 0 Å². The zero-order valence-corrected chi connectivity index (χ0v) is 24.4. The van der Waals surface area contributed by atoms with Crippen LogP contribution in [0.4, 0.5) is 0 Å². The summed E-state index contributed by atoms with van der Waals surface area (Å²) in [5.41, 5.74) is 2.18. The van der Waals surface area contributed by atoms with Gasteiger partial charge in [0, 0.05) is 13.2 Å². The van der Waals surface area contributed by atoms with Gasteiger partial charge in [0.1, 0.15) is 0 Å². The van der Waals surface area contributed by atoms with Gasteiger partial charge >= 0.3 is 0 Å². The summed E-state index contributed by atoms with van der Waals surface area (Å²) in [6.07, 6.45) is 17.5. The Morgan fingerprint density at radius 2 is 1.54 bits per heavy atom. The third kappa shape index (κ3) is 6.20. The van der Waals surface area contributed by atoms with Gasteiger partial charge in [-0.3, -0.25) is 0 Å². The highest BCUT2D eigenvalue weighted by Crippen LogP contribution is 2.69. The van der Waals surface area contributed by atoms with Crippen molar-refractivity contribution in [3.05, 3.63) is 11.6 Å². The molecule has 0 spiro atoms. The Balaban J connectivity index is 0.000000551. The van der Waals surface area contributed by atoms with Crippen molar-refractivity contribution >= 4 is 0 Å². The Morgan fingerprint density at radius 1 is 0.914 bits per heavy atom. The van der Waals surface area contributed by atoms with Crippen LogP contribution >= 0.6 is 0 Å². The van der Waals surface area contributed by atoms with Crippen molar-refractivity contribution in [1.82, 2.24) is 0 Å². The van der Waals surface area contributed by atoms with Gasteiger partial charge in [-0.25, -0.2) is 0 Å². The minimum atomic E-state index is -0.206.